The zero-order chi connectivity index (χ0) is 20.8. The maximum absolute atomic E-state index is 12.6. The van der Waals surface area contributed by atoms with Crippen molar-refractivity contribution in [2.24, 2.45) is 0 Å². The van der Waals surface area contributed by atoms with Gasteiger partial charge in [-0.25, -0.2) is 0 Å². The molecule has 1 fully saturated rings. The van der Waals surface area contributed by atoms with Gasteiger partial charge in [-0.15, -0.1) is 0 Å². The summed E-state index contributed by atoms with van der Waals surface area (Å²) in [7, 11) is 3.00. The van der Waals surface area contributed by atoms with Crippen molar-refractivity contribution in [3.63, 3.8) is 0 Å². The molecular formula is C20H24ClN3O5. The molecule has 1 unspecified atom stereocenters. The molecule has 1 aliphatic heterocycles. The first-order valence-corrected chi connectivity index (χ1v) is 9.65. The van der Waals surface area contributed by atoms with Crippen molar-refractivity contribution >= 4 is 29.1 Å². The Morgan fingerprint density at radius 3 is 2.76 bits per heavy atom. The van der Waals surface area contributed by atoms with E-state index in [1.807, 2.05) is 4.90 Å². The molecule has 1 saturated heterocycles. The number of nitrogens with zero attached hydrogens (tertiary/aromatic N) is 1. The van der Waals surface area contributed by atoms with Gasteiger partial charge in [0.15, 0.2) is 0 Å². The summed E-state index contributed by atoms with van der Waals surface area (Å²) in [5, 5.41) is 6.02. The fraction of sp³-hybridized carbons (Fsp3) is 0.400. The Hall–Kier alpha value is -2.71. The monoisotopic (exact) mass is 421 g/mol. The van der Waals surface area contributed by atoms with Crippen LogP contribution in [0.3, 0.4) is 0 Å². The number of halogens is 1. The van der Waals surface area contributed by atoms with E-state index in [-0.39, 0.29) is 24.4 Å². The van der Waals surface area contributed by atoms with Crippen LogP contribution in [-0.4, -0.2) is 50.1 Å². The largest absolute Gasteiger partial charge is 0.495 e. The molecule has 2 N–H and O–H groups in total. The Labute approximate surface area is 174 Å². The van der Waals surface area contributed by atoms with Crippen molar-refractivity contribution in [1.29, 1.82) is 0 Å². The van der Waals surface area contributed by atoms with Gasteiger partial charge in [0, 0.05) is 6.07 Å². The fourth-order valence-electron chi connectivity index (χ4n) is 3.35. The SMILES string of the molecule is COc1cc(OC)c(NC(=O)CN2CCCC2C(=O)NCc2ccco2)cc1Cl. The third-order valence-electron chi connectivity index (χ3n) is 4.78. The fourth-order valence-corrected chi connectivity index (χ4v) is 3.59. The maximum Gasteiger partial charge on any atom is 0.238 e. The molecule has 156 valence electrons. The lowest BCUT2D eigenvalue weighted by atomic mass is 10.2. The summed E-state index contributed by atoms with van der Waals surface area (Å²) in [6.45, 7) is 1.09. The Balaban J connectivity index is 1.59. The molecule has 1 aromatic heterocycles. The van der Waals surface area contributed by atoms with E-state index in [2.05, 4.69) is 10.6 Å². The maximum atomic E-state index is 12.6. The van der Waals surface area contributed by atoms with Crippen LogP contribution >= 0.6 is 11.6 Å². The Kier molecular flexibility index (Phi) is 7.00. The summed E-state index contributed by atoms with van der Waals surface area (Å²) in [5.74, 6) is 1.21. The number of carbonyl (C=O) groups excluding carboxylic acids is 2. The van der Waals surface area contributed by atoms with Crippen molar-refractivity contribution in [1.82, 2.24) is 10.2 Å². The Bertz CT molecular complexity index is 856. The van der Waals surface area contributed by atoms with E-state index in [1.165, 1.54) is 14.2 Å². The van der Waals surface area contributed by atoms with Gasteiger partial charge in [0.25, 0.3) is 0 Å². The average molecular weight is 422 g/mol. The van der Waals surface area contributed by atoms with Crippen LogP contribution < -0.4 is 20.1 Å². The number of ether oxygens (including phenoxy) is 2. The second kappa shape index (κ2) is 9.67. The third-order valence-corrected chi connectivity index (χ3v) is 5.07. The number of furan rings is 1. The number of hydrogen-bond donors (Lipinski definition) is 2. The number of nitrogens with one attached hydrogen (secondary N) is 2. The first kappa shape index (κ1) is 21.0. The zero-order valence-corrected chi connectivity index (χ0v) is 17.1. The number of likely N-dealkylation sites (tertiary alicyclic amines) is 1. The van der Waals surface area contributed by atoms with Crippen LogP contribution in [0.25, 0.3) is 0 Å². The highest BCUT2D eigenvalue weighted by Gasteiger charge is 2.32. The van der Waals surface area contributed by atoms with Gasteiger partial charge in [-0.05, 0) is 37.6 Å². The third kappa shape index (κ3) is 5.21. The lowest BCUT2D eigenvalue weighted by molar-refractivity contribution is -0.126. The first-order valence-electron chi connectivity index (χ1n) is 9.27. The Morgan fingerprint density at radius 2 is 2.07 bits per heavy atom. The van der Waals surface area contributed by atoms with Crippen molar-refractivity contribution in [2.45, 2.75) is 25.4 Å². The van der Waals surface area contributed by atoms with Crippen LogP contribution in [0.2, 0.25) is 5.02 Å². The van der Waals surface area contributed by atoms with Gasteiger partial charge in [0.05, 0.1) is 50.3 Å². The van der Waals surface area contributed by atoms with E-state index in [0.29, 0.717) is 47.5 Å². The molecule has 1 aliphatic rings. The molecule has 29 heavy (non-hydrogen) atoms. The predicted octanol–water partition coefficient (Wildman–Crippen LogP) is 2.67. The Morgan fingerprint density at radius 1 is 1.28 bits per heavy atom. The molecule has 0 aliphatic carbocycles. The summed E-state index contributed by atoms with van der Waals surface area (Å²) in [6, 6.07) is 6.41. The summed E-state index contributed by atoms with van der Waals surface area (Å²) < 4.78 is 15.7. The smallest absolute Gasteiger partial charge is 0.238 e. The van der Waals surface area contributed by atoms with Crippen molar-refractivity contribution in [3.8, 4) is 11.5 Å². The van der Waals surface area contributed by atoms with Crippen molar-refractivity contribution in [2.75, 3.05) is 32.6 Å². The predicted molar refractivity (Wildman–Crippen MR) is 108 cm³/mol. The summed E-state index contributed by atoms with van der Waals surface area (Å²) in [4.78, 5) is 27.0. The standard InChI is InChI=1S/C20H24ClN3O5/c1-27-17-10-18(28-2)15(9-14(17)21)23-19(25)12-24-7-3-6-16(24)20(26)22-11-13-5-4-8-29-13/h4-5,8-10,16H,3,6-7,11-12H2,1-2H3,(H,22,26)(H,23,25). The topological polar surface area (TPSA) is 93.0 Å². The number of methoxy groups -OCH3 is 2. The van der Waals surface area contributed by atoms with E-state index >= 15 is 0 Å². The molecular weight excluding hydrogens is 398 g/mol. The zero-order valence-electron chi connectivity index (χ0n) is 16.4. The normalized spacial score (nSPS) is 16.4. The molecule has 0 spiro atoms. The molecule has 9 heteroatoms. The molecule has 2 heterocycles. The lowest BCUT2D eigenvalue weighted by Gasteiger charge is -2.23. The highest BCUT2D eigenvalue weighted by Crippen LogP contribution is 2.35. The molecule has 0 radical (unpaired) electrons. The average Bonchev–Trinajstić information content (AvgIpc) is 3.38. The van der Waals surface area contributed by atoms with Crippen molar-refractivity contribution in [3.05, 3.63) is 41.3 Å². The number of amides is 2. The molecule has 2 amide bonds. The molecule has 8 nitrogen and oxygen atoms in total. The summed E-state index contributed by atoms with van der Waals surface area (Å²) in [5.41, 5.74) is 0.446. The van der Waals surface area contributed by atoms with E-state index in [4.69, 9.17) is 25.5 Å². The van der Waals surface area contributed by atoms with Crippen LogP contribution in [0.4, 0.5) is 5.69 Å². The van der Waals surface area contributed by atoms with Crippen molar-refractivity contribution < 1.29 is 23.5 Å². The number of carbonyl (C=O) groups is 2. The number of benzene rings is 1. The number of hydrogen-bond acceptors (Lipinski definition) is 6. The lowest BCUT2D eigenvalue weighted by Crippen LogP contribution is -2.45. The minimum atomic E-state index is -0.350. The van der Waals surface area contributed by atoms with E-state index < -0.39 is 0 Å². The van der Waals surface area contributed by atoms with Gasteiger partial charge in [-0.2, -0.15) is 0 Å². The molecule has 1 aromatic carbocycles. The van der Waals surface area contributed by atoms with Gasteiger partial charge >= 0.3 is 0 Å². The van der Waals surface area contributed by atoms with Crippen LogP contribution in [0.15, 0.2) is 34.9 Å². The first-order chi connectivity index (χ1) is 14.0. The second-order valence-corrected chi connectivity index (χ2v) is 7.07. The number of anilines is 1. The van der Waals surface area contributed by atoms with Gasteiger partial charge in [-0.1, -0.05) is 11.6 Å². The van der Waals surface area contributed by atoms with E-state index in [1.54, 1.807) is 30.5 Å². The van der Waals surface area contributed by atoms with E-state index in [9.17, 15) is 9.59 Å². The quantitative estimate of drug-likeness (QED) is 0.680. The van der Waals surface area contributed by atoms with Gasteiger partial charge in [0.1, 0.15) is 17.3 Å². The molecule has 1 atom stereocenters. The minimum absolute atomic E-state index is 0.0889. The molecule has 3 rings (SSSR count). The highest BCUT2D eigenvalue weighted by atomic mass is 35.5. The van der Waals surface area contributed by atoms with Gasteiger partial charge < -0.3 is 24.5 Å². The molecule has 0 saturated carbocycles. The van der Waals surface area contributed by atoms with E-state index in [0.717, 1.165) is 6.42 Å². The van der Waals surface area contributed by atoms with Crippen LogP contribution in [0, 0.1) is 0 Å². The van der Waals surface area contributed by atoms with Crippen LogP contribution in [0.5, 0.6) is 11.5 Å². The molecule has 2 aromatic rings. The minimum Gasteiger partial charge on any atom is -0.495 e. The molecule has 0 bridgehead atoms. The highest BCUT2D eigenvalue weighted by molar-refractivity contribution is 6.32. The summed E-state index contributed by atoms with van der Waals surface area (Å²) in [6.07, 6.45) is 3.12. The van der Waals surface area contributed by atoms with Gasteiger partial charge in [-0.3, -0.25) is 14.5 Å². The van der Waals surface area contributed by atoms with Crippen LogP contribution in [0.1, 0.15) is 18.6 Å². The second-order valence-electron chi connectivity index (χ2n) is 6.66. The summed E-state index contributed by atoms with van der Waals surface area (Å²) >= 11 is 6.15. The number of rotatable bonds is 8. The van der Waals surface area contributed by atoms with Gasteiger partial charge in [0.2, 0.25) is 11.8 Å². The van der Waals surface area contributed by atoms with Crippen LogP contribution in [-0.2, 0) is 16.1 Å².